The number of halogens is 3. The Morgan fingerprint density at radius 2 is 1.89 bits per heavy atom. The first-order valence-corrected chi connectivity index (χ1v) is 7.22. The third-order valence-electron chi connectivity index (χ3n) is 1.95. The van der Waals surface area contributed by atoms with Gasteiger partial charge in [-0.1, -0.05) is 41.4 Å². The van der Waals surface area contributed by atoms with Crippen LogP contribution in [0.25, 0.3) is 0 Å². The van der Waals surface area contributed by atoms with Gasteiger partial charge in [-0.25, -0.2) is 13.2 Å². The average Bonchev–Trinajstić information content (AvgIpc) is 2.13. The highest BCUT2D eigenvalue weighted by atomic mass is 35.5. The molecule has 8 heteroatoms. The van der Waals surface area contributed by atoms with Crippen LogP contribution in [0.4, 0.5) is 0 Å². The van der Waals surface area contributed by atoms with Gasteiger partial charge in [-0.15, -0.1) is 0 Å². The molecule has 0 fully saturated rings. The lowest BCUT2D eigenvalue weighted by molar-refractivity contribution is 0.0697. The molecule has 0 unspecified atom stereocenters. The fourth-order valence-electron chi connectivity index (χ4n) is 1.25. The van der Waals surface area contributed by atoms with Crippen LogP contribution in [-0.4, -0.2) is 25.2 Å². The summed E-state index contributed by atoms with van der Waals surface area (Å²) in [5.74, 6) is -1.94. The second-order valence-corrected chi connectivity index (χ2v) is 6.59. The standard InChI is InChI=1S/C10H7Cl3O4S/c1-5(11)4-18(16,17)7-3-2-6(12)8(9(7)13)10(14)15/h2-3H,1,4H2,(H,14,15). The van der Waals surface area contributed by atoms with Crippen LogP contribution in [-0.2, 0) is 9.84 Å². The van der Waals surface area contributed by atoms with Crippen LogP contribution >= 0.6 is 34.8 Å². The molecular weight excluding hydrogens is 323 g/mol. The molecule has 0 aromatic heterocycles. The summed E-state index contributed by atoms with van der Waals surface area (Å²) in [7, 11) is -3.85. The van der Waals surface area contributed by atoms with Crippen molar-refractivity contribution in [1.29, 1.82) is 0 Å². The third kappa shape index (κ3) is 3.17. The van der Waals surface area contributed by atoms with Crippen molar-refractivity contribution in [3.05, 3.63) is 39.4 Å². The summed E-state index contributed by atoms with van der Waals surface area (Å²) < 4.78 is 23.8. The Morgan fingerprint density at radius 3 is 2.33 bits per heavy atom. The normalized spacial score (nSPS) is 11.3. The quantitative estimate of drug-likeness (QED) is 0.920. The van der Waals surface area contributed by atoms with E-state index in [1.165, 1.54) is 0 Å². The molecule has 0 radical (unpaired) electrons. The largest absolute Gasteiger partial charge is 0.478 e. The van der Waals surface area contributed by atoms with Gasteiger partial charge < -0.3 is 5.11 Å². The van der Waals surface area contributed by atoms with E-state index in [1.54, 1.807) is 0 Å². The molecule has 0 amide bonds. The summed E-state index contributed by atoms with van der Waals surface area (Å²) in [6.45, 7) is 3.27. The average molecular weight is 330 g/mol. The molecular formula is C10H7Cl3O4S. The van der Waals surface area contributed by atoms with Crippen molar-refractivity contribution in [3.63, 3.8) is 0 Å². The Kier molecular flexibility index (Phi) is 4.66. The van der Waals surface area contributed by atoms with Crippen molar-refractivity contribution < 1.29 is 18.3 Å². The number of sulfone groups is 1. The molecule has 0 aliphatic rings. The van der Waals surface area contributed by atoms with Crippen molar-refractivity contribution in [2.24, 2.45) is 0 Å². The zero-order chi connectivity index (χ0) is 14.1. The molecule has 0 heterocycles. The summed E-state index contributed by atoms with van der Waals surface area (Å²) in [5.41, 5.74) is -0.459. The Labute approximate surface area is 119 Å². The molecule has 98 valence electrons. The predicted octanol–water partition coefficient (Wildman–Crippen LogP) is 3.22. The maximum absolute atomic E-state index is 11.9. The molecule has 1 rings (SSSR count). The molecule has 0 saturated carbocycles. The van der Waals surface area contributed by atoms with E-state index >= 15 is 0 Å². The van der Waals surface area contributed by atoms with Gasteiger partial charge >= 0.3 is 5.97 Å². The van der Waals surface area contributed by atoms with Gasteiger partial charge in [0.15, 0.2) is 9.84 Å². The van der Waals surface area contributed by atoms with E-state index < -0.39 is 32.1 Å². The first kappa shape index (κ1) is 15.3. The van der Waals surface area contributed by atoms with Crippen molar-refractivity contribution in [3.8, 4) is 0 Å². The summed E-state index contributed by atoms with van der Waals surface area (Å²) in [6, 6.07) is 2.28. The van der Waals surface area contributed by atoms with E-state index in [0.29, 0.717) is 0 Å². The Morgan fingerprint density at radius 1 is 1.33 bits per heavy atom. The van der Waals surface area contributed by atoms with Crippen LogP contribution in [0.2, 0.25) is 10.0 Å². The van der Waals surface area contributed by atoms with Crippen molar-refractivity contribution in [1.82, 2.24) is 0 Å². The maximum Gasteiger partial charge on any atom is 0.338 e. The SMILES string of the molecule is C=C(Cl)CS(=O)(=O)c1ccc(Cl)c(C(=O)O)c1Cl. The second kappa shape index (κ2) is 5.48. The molecule has 0 bridgehead atoms. The van der Waals surface area contributed by atoms with Gasteiger partial charge in [0.1, 0.15) is 0 Å². The van der Waals surface area contributed by atoms with Gasteiger partial charge in [0, 0.05) is 5.03 Å². The molecule has 1 aromatic rings. The first-order valence-electron chi connectivity index (χ1n) is 4.44. The van der Waals surface area contributed by atoms with E-state index in [1.807, 2.05) is 0 Å². The Balaban J connectivity index is 3.50. The van der Waals surface area contributed by atoms with Crippen molar-refractivity contribution >= 4 is 50.6 Å². The number of rotatable bonds is 4. The second-order valence-electron chi connectivity index (χ2n) is 3.32. The molecule has 0 aliphatic carbocycles. The van der Waals surface area contributed by atoms with Gasteiger partial charge in [-0.2, -0.15) is 0 Å². The summed E-state index contributed by atoms with van der Waals surface area (Å²) in [4.78, 5) is 10.6. The molecule has 0 aliphatic heterocycles. The molecule has 18 heavy (non-hydrogen) atoms. The van der Waals surface area contributed by atoms with Crippen LogP contribution in [0.5, 0.6) is 0 Å². The Bertz CT molecular complexity index is 622. The highest BCUT2D eigenvalue weighted by Gasteiger charge is 2.25. The lowest BCUT2D eigenvalue weighted by Crippen LogP contribution is -2.10. The van der Waals surface area contributed by atoms with Gasteiger partial charge in [-0.05, 0) is 12.1 Å². The number of benzene rings is 1. The topological polar surface area (TPSA) is 71.4 Å². The number of aromatic carboxylic acids is 1. The molecule has 0 saturated heterocycles. The van der Waals surface area contributed by atoms with Gasteiger partial charge in [-0.3, -0.25) is 0 Å². The number of hydrogen-bond donors (Lipinski definition) is 1. The smallest absolute Gasteiger partial charge is 0.338 e. The van der Waals surface area contributed by atoms with Gasteiger partial charge in [0.05, 0.1) is 26.3 Å². The fraction of sp³-hybridized carbons (Fsp3) is 0.100. The van der Waals surface area contributed by atoms with Gasteiger partial charge in [0.2, 0.25) is 0 Å². The van der Waals surface area contributed by atoms with Crippen LogP contribution in [0, 0.1) is 0 Å². The van der Waals surface area contributed by atoms with Crippen molar-refractivity contribution in [2.75, 3.05) is 5.75 Å². The minimum Gasteiger partial charge on any atom is -0.478 e. The molecule has 1 N–H and O–H groups in total. The molecule has 0 atom stereocenters. The summed E-state index contributed by atoms with van der Waals surface area (Å²) >= 11 is 16.8. The monoisotopic (exact) mass is 328 g/mol. The Hall–Kier alpha value is -0.750. The highest BCUT2D eigenvalue weighted by molar-refractivity contribution is 7.91. The molecule has 0 spiro atoms. The van der Waals surface area contributed by atoms with Crippen LogP contribution in [0.15, 0.2) is 28.6 Å². The van der Waals surface area contributed by atoms with Crippen LogP contribution in [0.3, 0.4) is 0 Å². The minimum atomic E-state index is -3.85. The molecule has 1 aromatic carbocycles. The van der Waals surface area contributed by atoms with E-state index in [2.05, 4.69) is 6.58 Å². The number of hydrogen-bond acceptors (Lipinski definition) is 3. The van der Waals surface area contributed by atoms with Crippen LogP contribution in [0.1, 0.15) is 10.4 Å². The van der Waals surface area contributed by atoms with Crippen LogP contribution < -0.4 is 0 Å². The molecule has 4 nitrogen and oxygen atoms in total. The zero-order valence-corrected chi connectivity index (χ0v) is 11.9. The minimum absolute atomic E-state index is 0.0992. The van der Waals surface area contributed by atoms with E-state index in [-0.39, 0.29) is 15.0 Å². The lowest BCUT2D eigenvalue weighted by Gasteiger charge is -2.09. The lowest BCUT2D eigenvalue weighted by atomic mass is 10.2. The third-order valence-corrected chi connectivity index (χ3v) is 4.80. The summed E-state index contributed by atoms with van der Waals surface area (Å²) in [5, 5.41) is 8.23. The first-order chi connectivity index (χ1) is 8.16. The van der Waals surface area contributed by atoms with Crippen molar-refractivity contribution in [2.45, 2.75) is 4.90 Å². The maximum atomic E-state index is 11.9. The van der Waals surface area contributed by atoms with E-state index in [0.717, 1.165) is 12.1 Å². The predicted molar refractivity (Wildman–Crippen MR) is 70.5 cm³/mol. The van der Waals surface area contributed by atoms with Gasteiger partial charge in [0.25, 0.3) is 0 Å². The van der Waals surface area contributed by atoms with E-state index in [9.17, 15) is 13.2 Å². The zero-order valence-electron chi connectivity index (χ0n) is 8.78. The fourth-order valence-corrected chi connectivity index (χ4v) is 3.79. The summed E-state index contributed by atoms with van der Waals surface area (Å²) in [6.07, 6.45) is 0. The highest BCUT2D eigenvalue weighted by Crippen LogP contribution is 2.32. The number of carboxylic acid groups (broad SMARTS) is 1. The number of carboxylic acids is 1. The van der Waals surface area contributed by atoms with E-state index in [4.69, 9.17) is 39.9 Å². The number of carbonyl (C=O) groups is 1.